The maximum absolute atomic E-state index is 11.3. The standard InChI is InChI=1S/C15H27NO3/c1-4-16(12-6-5-10(2)11(3)7-12)14-9-19-8-13(14)15(17)18/h10-14H,4-9H2,1-3H3,(H,17,18). The number of likely N-dealkylation sites (N-methyl/N-ethyl adjacent to an activating group) is 1. The van der Waals surface area contributed by atoms with Crippen molar-refractivity contribution in [2.24, 2.45) is 17.8 Å². The molecule has 0 amide bonds. The minimum absolute atomic E-state index is 0.0631. The summed E-state index contributed by atoms with van der Waals surface area (Å²) in [6, 6.07) is 0.595. The first-order chi connectivity index (χ1) is 9.04. The highest BCUT2D eigenvalue weighted by atomic mass is 16.5. The van der Waals surface area contributed by atoms with Crippen LogP contribution in [0.15, 0.2) is 0 Å². The molecule has 0 bridgehead atoms. The first-order valence-electron chi connectivity index (χ1n) is 7.60. The van der Waals surface area contributed by atoms with Crippen LogP contribution in [0.3, 0.4) is 0 Å². The number of carboxylic acids is 1. The van der Waals surface area contributed by atoms with Crippen LogP contribution in [0.1, 0.15) is 40.0 Å². The van der Waals surface area contributed by atoms with Gasteiger partial charge in [0.25, 0.3) is 0 Å². The van der Waals surface area contributed by atoms with E-state index in [0.717, 1.165) is 18.4 Å². The molecule has 0 aromatic rings. The minimum Gasteiger partial charge on any atom is -0.481 e. The average molecular weight is 269 g/mol. The Morgan fingerprint density at radius 3 is 2.58 bits per heavy atom. The number of hydrogen-bond acceptors (Lipinski definition) is 3. The van der Waals surface area contributed by atoms with Crippen LogP contribution in [-0.4, -0.2) is 47.8 Å². The van der Waals surface area contributed by atoms with Crippen LogP contribution < -0.4 is 0 Å². The largest absolute Gasteiger partial charge is 0.481 e. The number of hydrogen-bond donors (Lipinski definition) is 1. The van der Waals surface area contributed by atoms with E-state index in [1.165, 1.54) is 19.3 Å². The quantitative estimate of drug-likeness (QED) is 0.850. The van der Waals surface area contributed by atoms with Crippen LogP contribution in [0.25, 0.3) is 0 Å². The number of nitrogens with zero attached hydrogens (tertiary/aromatic N) is 1. The molecular formula is C15H27NO3. The van der Waals surface area contributed by atoms with Gasteiger partial charge in [-0.1, -0.05) is 20.8 Å². The van der Waals surface area contributed by atoms with E-state index in [-0.39, 0.29) is 12.0 Å². The van der Waals surface area contributed by atoms with Gasteiger partial charge in [0.2, 0.25) is 0 Å². The molecule has 19 heavy (non-hydrogen) atoms. The van der Waals surface area contributed by atoms with Crippen molar-refractivity contribution in [3.05, 3.63) is 0 Å². The lowest BCUT2D eigenvalue weighted by Crippen LogP contribution is -2.50. The van der Waals surface area contributed by atoms with Crippen molar-refractivity contribution in [1.29, 1.82) is 0 Å². The molecular weight excluding hydrogens is 242 g/mol. The van der Waals surface area contributed by atoms with E-state index < -0.39 is 5.97 Å². The van der Waals surface area contributed by atoms with Gasteiger partial charge in [-0.05, 0) is 37.6 Å². The summed E-state index contributed by atoms with van der Waals surface area (Å²) < 4.78 is 5.43. The monoisotopic (exact) mass is 269 g/mol. The van der Waals surface area contributed by atoms with Gasteiger partial charge in [-0.2, -0.15) is 0 Å². The van der Waals surface area contributed by atoms with Gasteiger partial charge in [0.05, 0.1) is 19.1 Å². The molecule has 5 atom stereocenters. The fraction of sp³-hybridized carbons (Fsp3) is 0.933. The molecule has 2 rings (SSSR count). The average Bonchev–Trinajstić information content (AvgIpc) is 2.84. The Labute approximate surface area is 116 Å². The Balaban J connectivity index is 2.05. The van der Waals surface area contributed by atoms with Gasteiger partial charge < -0.3 is 9.84 Å². The summed E-state index contributed by atoms with van der Waals surface area (Å²) in [6.07, 6.45) is 3.65. The third kappa shape index (κ3) is 3.11. The summed E-state index contributed by atoms with van der Waals surface area (Å²) in [5.41, 5.74) is 0. The van der Waals surface area contributed by atoms with Crippen LogP contribution in [0.5, 0.6) is 0 Å². The van der Waals surface area contributed by atoms with Crippen molar-refractivity contribution >= 4 is 5.97 Å². The first-order valence-corrected chi connectivity index (χ1v) is 7.60. The number of carboxylic acid groups (broad SMARTS) is 1. The molecule has 0 aromatic carbocycles. The van der Waals surface area contributed by atoms with Gasteiger partial charge in [-0.15, -0.1) is 0 Å². The minimum atomic E-state index is -0.710. The first kappa shape index (κ1) is 14.8. The fourth-order valence-electron chi connectivity index (χ4n) is 3.69. The molecule has 5 unspecified atom stereocenters. The number of aliphatic carboxylic acids is 1. The predicted octanol–water partition coefficient (Wildman–Crippen LogP) is 2.23. The van der Waals surface area contributed by atoms with Gasteiger partial charge in [-0.25, -0.2) is 0 Å². The van der Waals surface area contributed by atoms with Gasteiger partial charge in [0.15, 0.2) is 0 Å². The molecule has 2 fully saturated rings. The van der Waals surface area contributed by atoms with Crippen molar-refractivity contribution in [3.63, 3.8) is 0 Å². The summed E-state index contributed by atoms with van der Waals surface area (Å²) in [7, 11) is 0. The molecule has 1 N–H and O–H groups in total. The third-order valence-electron chi connectivity index (χ3n) is 5.20. The molecule has 4 nitrogen and oxygen atoms in total. The summed E-state index contributed by atoms with van der Waals surface area (Å²) in [5.74, 6) is 0.469. The molecule has 4 heteroatoms. The maximum atomic E-state index is 11.3. The molecule has 1 saturated heterocycles. The lowest BCUT2D eigenvalue weighted by atomic mass is 9.78. The maximum Gasteiger partial charge on any atom is 0.310 e. The third-order valence-corrected chi connectivity index (χ3v) is 5.20. The molecule has 1 heterocycles. The highest BCUT2D eigenvalue weighted by molar-refractivity contribution is 5.71. The van der Waals surface area contributed by atoms with E-state index in [4.69, 9.17) is 4.74 Å². The summed E-state index contributed by atoms with van der Waals surface area (Å²) in [5, 5.41) is 9.31. The molecule has 1 saturated carbocycles. The van der Waals surface area contributed by atoms with Gasteiger partial charge >= 0.3 is 5.97 Å². The zero-order valence-corrected chi connectivity index (χ0v) is 12.3. The molecule has 1 aliphatic carbocycles. The van der Waals surface area contributed by atoms with Crippen LogP contribution in [0.4, 0.5) is 0 Å². The highest BCUT2D eigenvalue weighted by Crippen LogP contribution is 2.34. The normalized spacial score (nSPS) is 39.7. The highest BCUT2D eigenvalue weighted by Gasteiger charge is 2.41. The lowest BCUT2D eigenvalue weighted by Gasteiger charge is -2.42. The zero-order chi connectivity index (χ0) is 14.0. The van der Waals surface area contributed by atoms with E-state index in [0.29, 0.717) is 19.3 Å². The number of ether oxygens (including phenoxy) is 1. The Morgan fingerprint density at radius 1 is 1.26 bits per heavy atom. The zero-order valence-electron chi connectivity index (χ0n) is 12.3. The van der Waals surface area contributed by atoms with E-state index >= 15 is 0 Å². The van der Waals surface area contributed by atoms with E-state index in [9.17, 15) is 9.90 Å². The molecule has 0 aromatic heterocycles. The van der Waals surface area contributed by atoms with E-state index in [1.54, 1.807) is 0 Å². The Kier molecular flexibility index (Phi) is 4.85. The summed E-state index contributed by atoms with van der Waals surface area (Å²) in [4.78, 5) is 13.7. The summed E-state index contributed by atoms with van der Waals surface area (Å²) in [6.45, 7) is 8.66. The topological polar surface area (TPSA) is 49.8 Å². The second-order valence-electron chi connectivity index (χ2n) is 6.30. The van der Waals surface area contributed by atoms with Gasteiger partial charge in [0.1, 0.15) is 0 Å². The van der Waals surface area contributed by atoms with Gasteiger partial charge in [-0.3, -0.25) is 9.69 Å². The van der Waals surface area contributed by atoms with Crippen molar-refractivity contribution in [2.75, 3.05) is 19.8 Å². The fourth-order valence-corrected chi connectivity index (χ4v) is 3.69. The Morgan fingerprint density at radius 2 is 2.00 bits per heavy atom. The number of rotatable bonds is 4. The molecule has 0 spiro atoms. The predicted molar refractivity (Wildman–Crippen MR) is 74.1 cm³/mol. The second kappa shape index (κ2) is 6.23. The Hall–Kier alpha value is -0.610. The van der Waals surface area contributed by atoms with Crippen LogP contribution in [0.2, 0.25) is 0 Å². The smallest absolute Gasteiger partial charge is 0.310 e. The molecule has 0 radical (unpaired) electrons. The van der Waals surface area contributed by atoms with Gasteiger partial charge in [0, 0.05) is 12.1 Å². The number of carbonyl (C=O) groups is 1. The van der Waals surface area contributed by atoms with Crippen molar-refractivity contribution in [2.45, 2.75) is 52.1 Å². The molecule has 2 aliphatic rings. The van der Waals surface area contributed by atoms with Crippen LogP contribution >= 0.6 is 0 Å². The van der Waals surface area contributed by atoms with Crippen molar-refractivity contribution in [1.82, 2.24) is 4.90 Å². The molecule has 1 aliphatic heterocycles. The lowest BCUT2D eigenvalue weighted by molar-refractivity contribution is -0.143. The summed E-state index contributed by atoms with van der Waals surface area (Å²) >= 11 is 0. The van der Waals surface area contributed by atoms with E-state index in [1.807, 2.05) is 0 Å². The van der Waals surface area contributed by atoms with Crippen molar-refractivity contribution in [3.8, 4) is 0 Å². The molecule has 110 valence electrons. The SMILES string of the molecule is CCN(C1CCC(C)C(C)C1)C1COCC1C(=O)O. The van der Waals surface area contributed by atoms with Crippen LogP contribution in [-0.2, 0) is 9.53 Å². The Bertz CT molecular complexity index is 321. The second-order valence-corrected chi connectivity index (χ2v) is 6.30. The van der Waals surface area contributed by atoms with Crippen molar-refractivity contribution < 1.29 is 14.6 Å². The van der Waals surface area contributed by atoms with Crippen LogP contribution in [0, 0.1) is 17.8 Å². The van der Waals surface area contributed by atoms with E-state index in [2.05, 4.69) is 25.7 Å².